The Labute approximate surface area is 159 Å². The molecule has 0 bridgehead atoms. The molecule has 1 saturated heterocycles. The maximum Gasteiger partial charge on any atom is 0.284 e. The number of aliphatic imine (C=N–C) groups is 1. The summed E-state index contributed by atoms with van der Waals surface area (Å²) in [6.45, 7) is 9.01. The van der Waals surface area contributed by atoms with E-state index in [2.05, 4.69) is 58.2 Å². The number of piperazine rings is 1. The second-order valence-corrected chi connectivity index (χ2v) is 6.61. The fourth-order valence-electron chi connectivity index (χ4n) is 3.18. The van der Waals surface area contributed by atoms with E-state index in [9.17, 15) is 4.79 Å². The Bertz CT molecular complexity index is 806. The first-order valence-corrected chi connectivity index (χ1v) is 9.30. The summed E-state index contributed by atoms with van der Waals surface area (Å²) in [6, 6.07) is 11.9. The smallest absolute Gasteiger partial charge is 0.284 e. The van der Waals surface area contributed by atoms with Crippen molar-refractivity contribution in [3.8, 4) is 0 Å². The van der Waals surface area contributed by atoms with Gasteiger partial charge < -0.3 is 25.3 Å². The fourth-order valence-corrected chi connectivity index (χ4v) is 3.18. The molecule has 2 heterocycles. The monoisotopic (exact) mass is 369 g/mol. The van der Waals surface area contributed by atoms with E-state index in [0.717, 1.165) is 38.7 Å². The average Bonchev–Trinajstić information content (AvgIpc) is 3.15. The van der Waals surface area contributed by atoms with Crippen LogP contribution in [0.5, 0.6) is 0 Å². The Morgan fingerprint density at radius 2 is 2.00 bits per heavy atom. The highest BCUT2D eigenvalue weighted by Gasteiger charge is 2.20. The molecule has 27 heavy (non-hydrogen) atoms. The van der Waals surface area contributed by atoms with Gasteiger partial charge in [0.15, 0.2) is 11.7 Å². The van der Waals surface area contributed by atoms with Crippen molar-refractivity contribution in [1.29, 1.82) is 0 Å². The maximum absolute atomic E-state index is 11.1. The average molecular weight is 369 g/mol. The summed E-state index contributed by atoms with van der Waals surface area (Å²) in [6.07, 6.45) is 0. The summed E-state index contributed by atoms with van der Waals surface area (Å²) >= 11 is 0. The predicted molar refractivity (Wildman–Crippen MR) is 107 cm³/mol. The Morgan fingerprint density at radius 3 is 2.63 bits per heavy atom. The molecule has 0 saturated carbocycles. The van der Waals surface area contributed by atoms with Gasteiger partial charge in [-0.2, -0.15) is 0 Å². The summed E-state index contributed by atoms with van der Waals surface area (Å²) < 4.78 is 5.41. The van der Waals surface area contributed by atoms with Crippen LogP contribution in [-0.4, -0.2) is 49.5 Å². The Kier molecular flexibility index (Phi) is 6.01. The van der Waals surface area contributed by atoms with Gasteiger partial charge in [-0.25, -0.2) is 4.99 Å². The number of aryl methyl sites for hydroxylation is 1. The molecule has 144 valence electrons. The number of hydrogen-bond acceptors (Lipinski definition) is 4. The van der Waals surface area contributed by atoms with Gasteiger partial charge in [-0.1, -0.05) is 12.1 Å². The molecule has 0 atom stereocenters. The zero-order valence-corrected chi connectivity index (χ0v) is 15.9. The topological polar surface area (TPSA) is 87.1 Å². The van der Waals surface area contributed by atoms with Crippen LogP contribution in [0.2, 0.25) is 0 Å². The normalized spacial score (nSPS) is 15.1. The molecule has 1 aliphatic rings. The predicted octanol–water partition coefficient (Wildman–Crippen LogP) is 1.97. The van der Waals surface area contributed by atoms with Crippen molar-refractivity contribution < 1.29 is 9.21 Å². The molecule has 3 N–H and O–H groups in total. The van der Waals surface area contributed by atoms with E-state index >= 15 is 0 Å². The number of carbonyl (C=O) groups is 1. The van der Waals surface area contributed by atoms with Gasteiger partial charge >= 0.3 is 0 Å². The van der Waals surface area contributed by atoms with Crippen LogP contribution >= 0.6 is 0 Å². The van der Waals surface area contributed by atoms with E-state index in [1.54, 1.807) is 12.1 Å². The van der Waals surface area contributed by atoms with Crippen LogP contribution < -0.4 is 16.0 Å². The van der Waals surface area contributed by atoms with Gasteiger partial charge in [0.2, 0.25) is 0 Å². The van der Waals surface area contributed by atoms with E-state index in [1.807, 2.05) is 0 Å². The number of primary amides is 1. The minimum Gasteiger partial charge on any atom is -0.454 e. The highest BCUT2D eigenvalue weighted by Crippen LogP contribution is 2.18. The van der Waals surface area contributed by atoms with E-state index in [0.29, 0.717) is 12.3 Å². The van der Waals surface area contributed by atoms with E-state index in [1.165, 1.54) is 11.3 Å². The molecule has 0 aliphatic carbocycles. The number of carbonyl (C=O) groups excluding carboxylic acids is 1. The number of nitrogens with zero attached hydrogens (tertiary/aromatic N) is 3. The van der Waals surface area contributed by atoms with Crippen molar-refractivity contribution in [3.05, 3.63) is 53.5 Å². The highest BCUT2D eigenvalue weighted by molar-refractivity contribution is 5.89. The van der Waals surface area contributed by atoms with Crippen molar-refractivity contribution >= 4 is 17.6 Å². The van der Waals surface area contributed by atoms with Crippen LogP contribution in [0.25, 0.3) is 0 Å². The zero-order chi connectivity index (χ0) is 19.2. The number of guanidine groups is 1. The largest absolute Gasteiger partial charge is 0.454 e. The lowest BCUT2D eigenvalue weighted by atomic mass is 10.2. The van der Waals surface area contributed by atoms with E-state index in [4.69, 9.17) is 10.2 Å². The summed E-state index contributed by atoms with van der Waals surface area (Å²) in [5.74, 6) is 1.08. The van der Waals surface area contributed by atoms with Crippen molar-refractivity contribution in [2.24, 2.45) is 10.7 Å². The fraction of sp³-hybridized carbons (Fsp3) is 0.400. The molecular formula is C20H27N5O2. The molecule has 1 aliphatic heterocycles. The number of anilines is 1. The van der Waals surface area contributed by atoms with Crippen molar-refractivity contribution in [1.82, 2.24) is 10.2 Å². The van der Waals surface area contributed by atoms with Crippen LogP contribution in [0.15, 0.2) is 45.8 Å². The molecule has 7 heteroatoms. The molecule has 0 spiro atoms. The van der Waals surface area contributed by atoms with Crippen LogP contribution in [0.4, 0.5) is 5.69 Å². The van der Waals surface area contributed by atoms with Crippen LogP contribution in [0, 0.1) is 6.92 Å². The van der Waals surface area contributed by atoms with Gasteiger partial charge in [0, 0.05) is 38.4 Å². The molecule has 0 radical (unpaired) electrons. The standard InChI is InChI=1S/C20H27N5O2/c1-3-22-20(23-14-17-7-8-18(27-17)19(21)26)25-11-9-24(10-12-25)16-6-4-5-15(2)13-16/h4-8,13H,3,9-12,14H2,1-2H3,(H2,21,26)(H,22,23). The van der Waals surface area contributed by atoms with Crippen LogP contribution in [-0.2, 0) is 6.54 Å². The molecular weight excluding hydrogens is 342 g/mol. The third-order valence-electron chi connectivity index (χ3n) is 4.57. The maximum atomic E-state index is 11.1. The molecule has 1 aromatic heterocycles. The van der Waals surface area contributed by atoms with Gasteiger partial charge in [-0.05, 0) is 43.7 Å². The minimum absolute atomic E-state index is 0.164. The lowest BCUT2D eigenvalue weighted by Crippen LogP contribution is -2.52. The third kappa shape index (κ3) is 4.81. The molecule has 2 aromatic rings. The quantitative estimate of drug-likeness (QED) is 0.622. The van der Waals surface area contributed by atoms with E-state index in [-0.39, 0.29) is 5.76 Å². The first kappa shape index (κ1) is 18.8. The minimum atomic E-state index is -0.565. The van der Waals surface area contributed by atoms with Gasteiger partial charge in [0.25, 0.3) is 5.91 Å². The summed E-state index contributed by atoms with van der Waals surface area (Å²) in [4.78, 5) is 20.5. The zero-order valence-electron chi connectivity index (χ0n) is 15.9. The Morgan fingerprint density at radius 1 is 1.22 bits per heavy atom. The van der Waals surface area contributed by atoms with Crippen molar-refractivity contribution in [3.63, 3.8) is 0 Å². The van der Waals surface area contributed by atoms with Crippen LogP contribution in [0.1, 0.15) is 28.8 Å². The first-order chi connectivity index (χ1) is 13.1. The van der Waals surface area contributed by atoms with Crippen LogP contribution in [0.3, 0.4) is 0 Å². The molecule has 1 aromatic carbocycles. The number of hydrogen-bond donors (Lipinski definition) is 2. The molecule has 7 nitrogen and oxygen atoms in total. The van der Waals surface area contributed by atoms with Crippen molar-refractivity contribution in [2.45, 2.75) is 20.4 Å². The Hall–Kier alpha value is -2.96. The molecule has 3 rings (SSSR count). The first-order valence-electron chi connectivity index (χ1n) is 9.30. The SMILES string of the molecule is CCNC(=NCc1ccc(C(N)=O)o1)N1CCN(c2cccc(C)c2)CC1. The lowest BCUT2D eigenvalue weighted by Gasteiger charge is -2.37. The van der Waals surface area contributed by atoms with Gasteiger partial charge in [-0.15, -0.1) is 0 Å². The third-order valence-corrected chi connectivity index (χ3v) is 4.57. The number of amides is 1. The summed E-state index contributed by atoms with van der Waals surface area (Å²) in [5.41, 5.74) is 7.77. The number of nitrogens with two attached hydrogens (primary N) is 1. The number of benzene rings is 1. The number of nitrogens with one attached hydrogen (secondary N) is 1. The molecule has 1 amide bonds. The molecule has 1 fully saturated rings. The number of furan rings is 1. The second-order valence-electron chi connectivity index (χ2n) is 6.61. The molecule has 0 unspecified atom stereocenters. The van der Waals surface area contributed by atoms with Crippen molar-refractivity contribution in [2.75, 3.05) is 37.6 Å². The van der Waals surface area contributed by atoms with Gasteiger partial charge in [0.1, 0.15) is 12.3 Å². The number of rotatable bonds is 5. The second kappa shape index (κ2) is 8.62. The van der Waals surface area contributed by atoms with Gasteiger partial charge in [-0.3, -0.25) is 4.79 Å². The van der Waals surface area contributed by atoms with E-state index < -0.39 is 5.91 Å². The highest BCUT2D eigenvalue weighted by atomic mass is 16.3. The Balaban J connectivity index is 1.62. The summed E-state index contributed by atoms with van der Waals surface area (Å²) in [5, 5.41) is 3.34. The lowest BCUT2D eigenvalue weighted by molar-refractivity contribution is 0.0972. The summed E-state index contributed by atoms with van der Waals surface area (Å²) in [7, 11) is 0. The van der Waals surface area contributed by atoms with Gasteiger partial charge in [0.05, 0.1) is 0 Å².